The molecule has 2 aliphatic heterocycles. The molecular weight excluding hydrogens is 301 g/mol. The Morgan fingerprint density at radius 2 is 2.32 bits per heavy atom. The van der Waals surface area contributed by atoms with Crippen LogP contribution in [0.4, 0.5) is 0 Å². The van der Waals surface area contributed by atoms with Crippen LogP contribution in [-0.2, 0) is 14.4 Å². The minimum Gasteiger partial charge on any atom is -0.548 e. The monoisotopic (exact) mass is 313 g/mol. The molecule has 0 aromatic carbocycles. The van der Waals surface area contributed by atoms with E-state index in [0.717, 1.165) is 23.5 Å². The number of carbonyl (C=O) groups is 3. The zero-order chi connectivity index (χ0) is 13.5. The summed E-state index contributed by atoms with van der Waals surface area (Å²) in [6.45, 7) is -0.134. The molecule has 2 heterocycles. The van der Waals surface area contributed by atoms with Crippen molar-refractivity contribution in [2.75, 3.05) is 12.9 Å². The smallest absolute Gasteiger partial charge is 0.548 e. The zero-order valence-corrected chi connectivity index (χ0v) is 14.2. The van der Waals surface area contributed by atoms with E-state index < -0.39 is 22.0 Å². The Balaban J connectivity index is 0.00000180. The van der Waals surface area contributed by atoms with Crippen molar-refractivity contribution in [3.05, 3.63) is 0 Å². The van der Waals surface area contributed by atoms with Crippen molar-refractivity contribution in [2.45, 2.75) is 21.9 Å². The van der Waals surface area contributed by atoms with E-state index in [0.29, 0.717) is 6.29 Å². The summed E-state index contributed by atoms with van der Waals surface area (Å²) in [7, 11) is 0. The summed E-state index contributed by atoms with van der Waals surface area (Å²) in [5, 5.41) is 19.7. The van der Waals surface area contributed by atoms with Gasteiger partial charge in [-0.3, -0.25) is 4.79 Å². The van der Waals surface area contributed by atoms with Crippen LogP contribution in [0.1, 0.15) is 6.42 Å². The molecule has 0 aromatic rings. The average Bonchev–Trinajstić information content (AvgIpc) is 2.68. The standard InChI is InChI=1S/C10H13NO5S2.Na/c1-17-10(4-13)6(9(15)16)11-7(14)5(2-3-12)8(11)18-10;/h4-6,8,12H,2-3H2,1H3,(H,15,16);/q;+1/p-1/t5-,6?,8+,10?;/m0./s1. The molecule has 0 aliphatic carbocycles. The van der Waals surface area contributed by atoms with Crippen LogP contribution in [-0.4, -0.2) is 56.5 Å². The average molecular weight is 313 g/mol. The number of amides is 1. The van der Waals surface area contributed by atoms with Crippen LogP contribution < -0.4 is 34.7 Å². The van der Waals surface area contributed by atoms with Gasteiger partial charge in [-0.15, -0.1) is 23.5 Å². The van der Waals surface area contributed by atoms with Gasteiger partial charge < -0.3 is 24.7 Å². The first kappa shape index (κ1) is 17.3. The van der Waals surface area contributed by atoms with Crippen LogP contribution in [0.5, 0.6) is 0 Å². The van der Waals surface area contributed by atoms with Gasteiger partial charge in [0, 0.05) is 6.61 Å². The summed E-state index contributed by atoms with van der Waals surface area (Å²) in [5.74, 6) is -2.15. The first-order chi connectivity index (χ1) is 8.52. The summed E-state index contributed by atoms with van der Waals surface area (Å²) in [6.07, 6.45) is 2.50. The Bertz CT molecular complexity index is 409. The van der Waals surface area contributed by atoms with Gasteiger partial charge in [0.05, 0.1) is 17.3 Å². The quantitative estimate of drug-likeness (QED) is 0.309. The molecule has 0 saturated carbocycles. The molecule has 9 heteroatoms. The molecule has 4 atom stereocenters. The molecule has 2 aliphatic rings. The van der Waals surface area contributed by atoms with Gasteiger partial charge >= 0.3 is 29.6 Å². The molecule has 0 spiro atoms. The van der Waals surface area contributed by atoms with Crippen molar-refractivity contribution < 1.29 is 54.2 Å². The number of carboxylic acid groups (broad SMARTS) is 1. The van der Waals surface area contributed by atoms with Crippen molar-refractivity contribution >= 4 is 41.7 Å². The number of fused-ring (bicyclic) bond motifs is 1. The maximum absolute atomic E-state index is 11.9. The van der Waals surface area contributed by atoms with Crippen LogP contribution in [0.2, 0.25) is 0 Å². The Morgan fingerprint density at radius 1 is 1.68 bits per heavy atom. The second-order valence-corrected chi connectivity index (χ2v) is 6.87. The fraction of sp³-hybridized carbons (Fsp3) is 0.700. The van der Waals surface area contributed by atoms with E-state index >= 15 is 0 Å². The Kier molecular flexibility index (Phi) is 5.80. The molecule has 0 aromatic heterocycles. The van der Waals surface area contributed by atoms with Crippen LogP contribution >= 0.6 is 23.5 Å². The van der Waals surface area contributed by atoms with Crippen LogP contribution in [0.3, 0.4) is 0 Å². The number of hydrogen-bond donors (Lipinski definition) is 1. The summed E-state index contributed by atoms with van der Waals surface area (Å²) in [5.41, 5.74) is 0. The van der Waals surface area contributed by atoms with Crippen molar-refractivity contribution in [3.8, 4) is 0 Å². The summed E-state index contributed by atoms with van der Waals surface area (Å²) in [6, 6.07) is -1.23. The predicted octanol–water partition coefficient (Wildman–Crippen LogP) is -4.72. The van der Waals surface area contributed by atoms with E-state index in [1.165, 1.54) is 4.90 Å². The zero-order valence-electron chi connectivity index (χ0n) is 10.6. The topological polar surface area (TPSA) is 97.7 Å². The molecular formula is C10H12NNaO5S2. The Labute approximate surface area is 141 Å². The molecule has 2 fully saturated rings. The molecule has 2 saturated heterocycles. The maximum Gasteiger partial charge on any atom is 1.00 e. The summed E-state index contributed by atoms with van der Waals surface area (Å²) in [4.78, 5) is 35.5. The van der Waals surface area contributed by atoms with Crippen molar-refractivity contribution in [2.24, 2.45) is 5.92 Å². The largest absolute Gasteiger partial charge is 1.00 e. The summed E-state index contributed by atoms with van der Waals surface area (Å²) < 4.78 is -1.20. The molecule has 1 N–H and O–H groups in total. The number of aliphatic carboxylic acids is 1. The second kappa shape index (κ2) is 6.36. The number of carbonyl (C=O) groups excluding carboxylic acids is 3. The van der Waals surface area contributed by atoms with Gasteiger partial charge in [0.2, 0.25) is 5.91 Å². The minimum absolute atomic E-state index is 0. The molecule has 1 amide bonds. The molecule has 19 heavy (non-hydrogen) atoms. The van der Waals surface area contributed by atoms with Gasteiger partial charge in [0.15, 0.2) is 0 Å². The third-order valence-electron chi connectivity index (χ3n) is 3.30. The SMILES string of the molecule is CSC1(C=O)S[C@@H]2[C@@H](CCO)C(=O)N2C1C(=O)[O-].[Na+]. The molecule has 2 rings (SSSR count). The van der Waals surface area contributed by atoms with Crippen LogP contribution in [0.25, 0.3) is 0 Å². The maximum atomic E-state index is 11.9. The normalized spacial score (nSPS) is 36.2. The number of nitrogens with zero attached hydrogens (tertiary/aromatic N) is 1. The number of aliphatic hydroxyl groups excluding tert-OH is 1. The Morgan fingerprint density at radius 3 is 2.74 bits per heavy atom. The number of carboxylic acids is 1. The van der Waals surface area contributed by atoms with Gasteiger partial charge in [0.1, 0.15) is 16.4 Å². The van der Waals surface area contributed by atoms with Crippen LogP contribution in [0.15, 0.2) is 0 Å². The van der Waals surface area contributed by atoms with Crippen molar-refractivity contribution in [1.82, 2.24) is 4.90 Å². The second-order valence-electron chi connectivity index (χ2n) is 4.14. The van der Waals surface area contributed by atoms with E-state index in [2.05, 4.69) is 0 Å². The third kappa shape index (κ3) is 2.47. The van der Waals surface area contributed by atoms with E-state index in [4.69, 9.17) is 5.11 Å². The predicted molar refractivity (Wildman–Crippen MR) is 64.5 cm³/mol. The van der Waals surface area contributed by atoms with E-state index in [1.54, 1.807) is 6.26 Å². The van der Waals surface area contributed by atoms with Crippen LogP contribution in [0, 0.1) is 5.92 Å². The van der Waals surface area contributed by atoms with E-state index in [1.807, 2.05) is 0 Å². The van der Waals surface area contributed by atoms with E-state index in [-0.39, 0.29) is 53.9 Å². The number of rotatable bonds is 5. The van der Waals surface area contributed by atoms with Gasteiger partial charge in [-0.2, -0.15) is 0 Å². The van der Waals surface area contributed by atoms with Gasteiger partial charge in [-0.1, -0.05) is 0 Å². The molecule has 6 nitrogen and oxygen atoms in total. The van der Waals surface area contributed by atoms with Gasteiger partial charge in [0.25, 0.3) is 0 Å². The number of hydrogen-bond acceptors (Lipinski definition) is 7. The Hall–Kier alpha value is 0.270. The number of aliphatic hydroxyl groups is 1. The fourth-order valence-electron chi connectivity index (χ4n) is 2.39. The van der Waals surface area contributed by atoms with Gasteiger partial charge in [-0.25, -0.2) is 0 Å². The number of aldehydes is 1. The van der Waals surface area contributed by atoms with E-state index in [9.17, 15) is 19.5 Å². The van der Waals surface area contributed by atoms with Gasteiger partial charge in [-0.05, 0) is 12.7 Å². The molecule has 2 unspecified atom stereocenters. The summed E-state index contributed by atoms with van der Waals surface area (Å²) >= 11 is 2.27. The van der Waals surface area contributed by atoms with Crippen molar-refractivity contribution in [1.29, 1.82) is 0 Å². The fourth-order valence-corrected chi connectivity index (χ4v) is 5.13. The number of β-lactam (4-membered cyclic amide) rings is 1. The number of thioether (sulfide) groups is 2. The third-order valence-corrected chi connectivity index (χ3v) is 6.53. The molecule has 0 radical (unpaired) electrons. The first-order valence-corrected chi connectivity index (χ1v) is 7.46. The minimum atomic E-state index is -1.41. The van der Waals surface area contributed by atoms with Crippen molar-refractivity contribution in [3.63, 3.8) is 0 Å². The molecule has 0 bridgehead atoms. The first-order valence-electron chi connectivity index (χ1n) is 5.35. The molecule has 100 valence electrons.